The Morgan fingerprint density at radius 2 is 1.58 bits per heavy atom. The first-order valence-corrected chi connectivity index (χ1v) is 13.6. The summed E-state index contributed by atoms with van der Waals surface area (Å²) in [5, 5.41) is 1.19. The van der Waals surface area contributed by atoms with Crippen LogP contribution in [0.15, 0.2) is 87.1 Å². The lowest BCUT2D eigenvalue weighted by molar-refractivity contribution is 0.357. The summed E-state index contributed by atoms with van der Waals surface area (Å²) in [6.45, 7) is 4.14. The second kappa shape index (κ2) is 11.2. The van der Waals surface area contributed by atoms with Crippen LogP contribution in [0.25, 0.3) is 0 Å². The summed E-state index contributed by atoms with van der Waals surface area (Å²) in [4.78, 5) is 4.59. The van der Waals surface area contributed by atoms with Gasteiger partial charge in [-0.1, -0.05) is 46.9 Å². The molecule has 0 bridgehead atoms. The first-order valence-electron chi connectivity index (χ1n) is 11.0. The third-order valence-electron chi connectivity index (χ3n) is 5.64. The lowest BCUT2D eigenvalue weighted by atomic mass is 10.1. The predicted octanol–water partition coefficient (Wildman–Crippen LogP) is 8.00. The van der Waals surface area contributed by atoms with Crippen molar-refractivity contribution in [3.8, 4) is 0 Å². The van der Waals surface area contributed by atoms with Gasteiger partial charge in [0.1, 0.15) is 11.5 Å². The smallest absolute Gasteiger partial charge is 0.243 e. The SMILES string of the molecule is Cc1ccc(N=Cc2ccc(CN(Cc3ccc(Cl)c(Cl)c3)S(=O)(=O)c3ccc(Cl)cc3)o2)cc1C. The molecule has 4 rings (SSSR count). The molecule has 1 aromatic heterocycles. The van der Waals surface area contributed by atoms with E-state index in [1.807, 2.05) is 32.0 Å². The lowest BCUT2D eigenvalue weighted by Crippen LogP contribution is -2.30. The molecule has 0 aliphatic rings. The summed E-state index contributed by atoms with van der Waals surface area (Å²) >= 11 is 18.2. The first-order chi connectivity index (χ1) is 17.1. The van der Waals surface area contributed by atoms with E-state index in [4.69, 9.17) is 39.2 Å². The molecule has 9 heteroatoms. The molecule has 186 valence electrons. The van der Waals surface area contributed by atoms with Crippen molar-refractivity contribution >= 4 is 56.7 Å². The number of furan rings is 1. The molecule has 0 radical (unpaired) electrons. The average Bonchev–Trinajstić information content (AvgIpc) is 3.29. The number of rotatable bonds is 8. The van der Waals surface area contributed by atoms with Gasteiger partial charge in [-0.05, 0) is 91.2 Å². The third kappa shape index (κ3) is 6.38. The number of halogens is 3. The third-order valence-corrected chi connectivity index (χ3v) is 8.44. The maximum atomic E-state index is 13.5. The zero-order valence-corrected chi connectivity index (χ0v) is 22.7. The minimum absolute atomic E-state index is 0.00266. The number of hydrogen-bond donors (Lipinski definition) is 0. The fraction of sp³-hybridized carbons (Fsp3) is 0.148. The van der Waals surface area contributed by atoms with Crippen molar-refractivity contribution < 1.29 is 12.8 Å². The standard InChI is InChI=1S/C27H23Cl3N2O3S/c1-18-3-7-22(13-19(18)2)31-15-23-8-9-24(35-23)17-32(16-20-4-12-26(29)27(30)14-20)36(33,34)25-10-5-21(28)6-11-25/h3-15H,16-17H2,1-2H3. The van der Waals surface area contributed by atoms with Crippen molar-refractivity contribution in [1.29, 1.82) is 0 Å². The monoisotopic (exact) mass is 560 g/mol. The summed E-state index contributed by atoms with van der Waals surface area (Å²) in [5.41, 5.74) is 3.83. The van der Waals surface area contributed by atoms with Gasteiger partial charge in [0.2, 0.25) is 10.0 Å². The van der Waals surface area contributed by atoms with Crippen molar-refractivity contribution in [2.24, 2.45) is 4.99 Å². The summed E-state index contributed by atoms with van der Waals surface area (Å²) < 4.78 is 34.3. The zero-order valence-electron chi connectivity index (χ0n) is 19.6. The van der Waals surface area contributed by atoms with E-state index >= 15 is 0 Å². The molecule has 0 amide bonds. The highest BCUT2D eigenvalue weighted by Gasteiger charge is 2.26. The van der Waals surface area contributed by atoms with Crippen LogP contribution in [0.4, 0.5) is 5.69 Å². The van der Waals surface area contributed by atoms with Gasteiger partial charge in [-0.15, -0.1) is 0 Å². The van der Waals surface area contributed by atoms with Gasteiger partial charge >= 0.3 is 0 Å². The maximum Gasteiger partial charge on any atom is 0.243 e. The Kier molecular flexibility index (Phi) is 8.23. The van der Waals surface area contributed by atoms with Crippen LogP contribution < -0.4 is 0 Å². The van der Waals surface area contributed by atoms with Crippen LogP contribution in [0.3, 0.4) is 0 Å². The molecule has 5 nitrogen and oxygen atoms in total. The van der Waals surface area contributed by atoms with E-state index in [2.05, 4.69) is 4.99 Å². The topological polar surface area (TPSA) is 62.9 Å². The molecule has 0 spiro atoms. The van der Waals surface area contributed by atoms with E-state index in [9.17, 15) is 8.42 Å². The fourth-order valence-corrected chi connectivity index (χ4v) is 5.33. The van der Waals surface area contributed by atoms with E-state index in [1.165, 1.54) is 22.0 Å². The molecule has 36 heavy (non-hydrogen) atoms. The summed E-state index contributed by atoms with van der Waals surface area (Å²) in [6, 6.07) is 20.5. The highest BCUT2D eigenvalue weighted by atomic mass is 35.5. The van der Waals surface area contributed by atoms with Crippen molar-refractivity contribution in [2.45, 2.75) is 31.8 Å². The molecule has 0 aliphatic heterocycles. The molecule has 0 aliphatic carbocycles. The number of sulfonamides is 1. The average molecular weight is 562 g/mol. The van der Waals surface area contributed by atoms with Crippen LogP contribution in [-0.4, -0.2) is 18.9 Å². The number of aryl methyl sites for hydroxylation is 2. The highest BCUT2D eigenvalue weighted by molar-refractivity contribution is 7.89. The van der Waals surface area contributed by atoms with Crippen LogP contribution in [0.1, 0.15) is 28.2 Å². The summed E-state index contributed by atoms with van der Waals surface area (Å²) in [5.74, 6) is 0.982. The second-order valence-corrected chi connectivity index (χ2v) is 11.5. The lowest BCUT2D eigenvalue weighted by Gasteiger charge is -2.22. The molecular formula is C27H23Cl3N2O3S. The number of nitrogens with zero attached hydrogens (tertiary/aromatic N) is 2. The highest BCUT2D eigenvalue weighted by Crippen LogP contribution is 2.27. The van der Waals surface area contributed by atoms with Crippen LogP contribution in [0, 0.1) is 13.8 Å². The molecule has 3 aromatic carbocycles. The normalized spacial score (nSPS) is 12.1. The van der Waals surface area contributed by atoms with Gasteiger partial charge in [-0.3, -0.25) is 4.99 Å². The van der Waals surface area contributed by atoms with Gasteiger partial charge < -0.3 is 4.42 Å². The Labute approximate surface area is 226 Å². The molecule has 0 unspecified atom stereocenters. The van der Waals surface area contributed by atoms with E-state index in [1.54, 1.807) is 48.7 Å². The Hall–Kier alpha value is -2.61. The molecule has 0 saturated heterocycles. The zero-order chi connectivity index (χ0) is 25.9. The van der Waals surface area contributed by atoms with Crippen molar-refractivity contribution in [3.63, 3.8) is 0 Å². The first kappa shape index (κ1) is 26.5. The number of benzene rings is 3. The van der Waals surface area contributed by atoms with Gasteiger partial charge in [0.05, 0.1) is 33.4 Å². The summed E-state index contributed by atoms with van der Waals surface area (Å²) in [7, 11) is -3.89. The van der Waals surface area contributed by atoms with Crippen LogP contribution in [0.2, 0.25) is 15.1 Å². The second-order valence-electron chi connectivity index (χ2n) is 8.31. The Morgan fingerprint density at radius 3 is 2.28 bits per heavy atom. The minimum Gasteiger partial charge on any atom is -0.459 e. The van der Waals surface area contributed by atoms with Gasteiger partial charge in [0.15, 0.2) is 0 Å². The van der Waals surface area contributed by atoms with Crippen molar-refractivity contribution in [3.05, 3.63) is 116 Å². The van der Waals surface area contributed by atoms with E-state index < -0.39 is 10.0 Å². The number of aliphatic imine (C=N–C) groups is 1. The number of hydrogen-bond acceptors (Lipinski definition) is 4. The quantitative estimate of drug-likeness (QED) is 0.205. The van der Waals surface area contributed by atoms with Gasteiger partial charge in [-0.25, -0.2) is 8.42 Å². The van der Waals surface area contributed by atoms with Crippen molar-refractivity contribution in [2.75, 3.05) is 0 Å². The molecule has 0 fully saturated rings. The van der Waals surface area contributed by atoms with E-state index in [-0.39, 0.29) is 18.0 Å². The molecule has 0 saturated carbocycles. The maximum absolute atomic E-state index is 13.5. The molecule has 4 aromatic rings. The van der Waals surface area contributed by atoms with Crippen molar-refractivity contribution in [1.82, 2.24) is 4.31 Å². The van der Waals surface area contributed by atoms with E-state index in [0.29, 0.717) is 32.2 Å². The van der Waals surface area contributed by atoms with Crippen LogP contribution >= 0.6 is 34.8 Å². The van der Waals surface area contributed by atoms with Gasteiger partial charge in [-0.2, -0.15) is 4.31 Å². The van der Waals surface area contributed by atoms with Gasteiger partial charge in [0.25, 0.3) is 0 Å². The van der Waals surface area contributed by atoms with Gasteiger partial charge in [0, 0.05) is 11.6 Å². The Morgan fingerprint density at radius 1 is 0.833 bits per heavy atom. The Bertz CT molecular complexity index is 1510. The van der Waals surface area contributed by atoms with Crippen LogP contribution in [0.5, 0.6) is 0 Å². The Balaban J connectivity index is 1.60. The van der Waals surface area contributed by atoms with Crippen LogP contribution in [-0.2, 0) is 23.1 Å². The fourth-order valence-electron chi connectivity index (χ4n) is 3.49. The van der Waals surface area contributed by atoms with E-state index in [0.717, 1.165) is 11.3 Å². The molecule has 0 atom stereocenters. The predicted molar refractivity (Wildman–Crippen MR) is 146 cm³/mol. The molecule has 1 heterocycles. The molecular weight excluding hydrogens is 539 g/mol. The molecule has 0 N–H and O–H groups in total. The largest absolute Gasteiger partial charge is 0.459 e. The minimum atomic E-state index is -3.89. The summed E-state index contributed by atoms with van der Waals surface area (Å²) in [6.07, 6.45) is 1.62.